The molecule has 0 bridgehead atoms. The van der Waals surface area contributed by atoms with Gasteiger partial charge in [-0.05, 0) is 35.4 Å². The van der Waals surface area contributed by atoms with E-state index in [9.17, 15) is 36.5 Å². The first kappa shape index (κ1) is 70.1. The third-order valence-corrected chi connectivity index (χ3v) is 9.94. The molecule has 0 atom stereocenters. The Morgan fingerprint density at radius 2 is 1.14 bits per heavy atom. The maximum atomic E-state index is 12.5. The number of nitrogens with zero attached hydrogens (tertiary/aromatic N) is 7. The van der Waals surface area contributed by atoms with Crippen LogP contribution in [0.3, 0.4) is 0 Å². The van der Waals surface area contributed by atoms with Gasteiger partial charge in [-0.3, -0.25) is 10.1 Å². The van der Waals surface area contributed by atoms with Gasteiger partial charge in [0, 0.05) is 54.2 Å². The van der Waals surface area contributed by atoms with E-state index in [4.69, 9.17) is 19.7 Å². The molecule has 7 N–H and O–H groups in total. The van der Waals surface area contributed by atoms with Crippen molar-refractivity contribution in [1.82, 2.24) is 29.9 Å². The maximum absolute atomic E-state index is 12.5. The molecule has 0 amide bonds. The van der Waals surface area contributed by atoms with Crippen LogP contribution in [0.5, 0.6) is 0 Å². The third-order valence-electron chi connectivity index (χ3n) is 7.25. The van der Waals surface area contributed by atoms with Gasteiger partial charge in [0.15, 0.2) is 0 Å². The van der Waals surface area contributed by atoms with E-state index >= 15 is 0 Å². The molecule has 2 heterocycles. The van der Waals surface area contributed by atoms with Crippen LogP contribution < -0.4 is 155 Å². The van der Waals surface area contributed by atoms with Gasteiger partial charge in [0.2, 0.25) is 29.7 Å². The molecule has 0 saturated heterocycles. The maximum Gasteiger partial charge on any atom is 1.00 e. The van der Waals surface area contributed by atoms with Gasteiger partial charge in [-0.25, -0.2) is 21.8 Å². The number of aliphatic hydroxyl groups is 2. The van der Waals surface area contributed by atoms with Gasteiger partial charge < -0.3 is 65.9 Å². The first-order chi connectivity index (χ1) is 30.8. The summed E-state index contributed by atoms with van der Waals surface area (Å²) in [4.78, 5) is 28.9. The Hall–Kier alpha value is -1.01. The molecule has 28 nitrogen and oxygen atoms in total. The van der Waals surface area contributed by atoms with E-state index in [1.165, 1.54) is 42.6 Å². The van der Waals surface area contributed by atoms with Crippen LogP contribution in [0.2, 0.25) is 0 Å². The minimum atomic E-state index is -5.11. The van der Waals surface area contributed by atoms with Crippen LogP contribution in [-0.4, -0.2) is 143 Å². The van der Waals surface area contributed by atoms with Crippen LogP contribution in [-0.2, 0) is 48.5 Å². The van der Waals surface area contributed by atoms with Crippen LogP contribution in [0.25, 0.3) is 12.2 Å². The minimum absolute atomic E-state index is 0. The largest absolute Gasteiger partial charge is 1.00 e. The number of aliphatic imine (C=N–C) groups is 1. The molecule has 0 fully saturated rings. The zero-order chi connectivity index (χ0) is 46.2. The second-order valence-corrected chi connectivity index (χ2v) is 16.1. The van der Waals surface area contributed by atoms with E-state index in [1.54, 1.807) is 6.07 Å². The molecule has 358 valence electrons. The predicted octanol–water partition coefficient (Wildman–Crippen LogP) is -12.1. The van der Waals surface area contributed by atoms with Crippen molar-refractivity contribution in [3.05, 3.63) is 47.5 Å². The monoisotopic (exact) mass is 1080 g/mol. The molecule has 2 aromatic carbocycles. The number of nitrogens with one attached hydrogen (secondary N) is 5. The number of aliphatic hydroxyl groups excluding tert-OH is 2. The van der Waals surface area contributed by atoms with Crippen molar-refractivity contribution in [2.45, 2.75) is 17.2 Å². The summed E-state index contributed by atoms with van der Waals surface area (Å²) in [5, 5.41) is 59.6. The van der Waals surface area contributed by atoms with E-state index in [0.29, 0.717) is 35.3 Å². The molecule has 0 unspecified atom stereocenters. The molecule has 36 heteroatoms. The van der Waals surface area contributed by atoms with Crippen LogP contribution in [0.1, 0.15) is 18.6 Å². The number of anilines is 7. The van der Waals surface area contributed by atoms with Crippen molar-refractivity contribution in [3.63, 3.8) is 0 Å². The number of benzene rings is 2. The average Bonchev–Trinajstić information content (AvgIpc) is 3.24. The first-order valence-electron chi connectivity index (χ1n) is 18.0. The van der Waals surface area contributed by atoms with Crippen molar-refractivity contribution in [2.75, 3.05) is 97.4 Å². The van der Waals surface area contributed by atoms with E-state index in [0.717, 1.165) is 6.07 Å². The predicted molar refractivity (Wildman–Crippen MR) is 229 cm³/mol. The molecule has 2 aromatic heterocycles. The fourth-order valence-corrected chi connectivity index (χ4v) is 6.50. The second kappa shape index (κ2) is 38.6. The number of aromatic nitrogens is 6. The molecule has 0 aliphatic carbocycles. The van der Waals surface area contributed by atoms with E-state index in [1.807, 2.05) is 0 Å². The zero-order valence-electron chi connectivity index (χ0n) is 36.8. The van der Waals surface area contributed by atoms with Crippen molar-refractivity contribution in [1.29, 1.82) is 0 Å². The smallest absolute Gasteiger partial charge is 0.748 e. The minimum Gasteiger partial charge on any atom is -0.748 e. The Bertz CT molecular complexity index is 2400. The standard InChI is InChI=1S/C32H42N12O16S4.CH4.4Na/c45-11-15-55-13-7-33-27-39-29(35-9-17-61-59-57-47)43-32(42-27)38-24-6-4-22(26(20-24)64(52,53)54)2-1-21-3-5-23(19-25(21)62-60-58-48)37-31-41-28(34-8-14-56-16-12-46)40-30(44-31)36-10-18-63(49,50)51;;;;;/h1-6,9,19-20,45-48H,7-8,10-18H2,(H,49,50,51)(H,52,53,54)(H2,33,38,39,42,43)(H3,34,36,37,40,41,44);1H4;;;;/q;;4*+1/p-4. The Morgan fingerprint density at radius 3 is 1.70 bits per heavy atom. The van der Waals surface area contributed by atoms with Gasteiger partial charge in [-0.15, -0.1) is 0 Å². The number of hydrogen-bond acceptors (Lipinski definition) is 30. The van der Waals surface area contributed by atoms with E-state index in [-0.39, 0.29) is 243 Å². The Kier molecular flexibility index (Phi) is 39.1. The molecule has 0 aliphatic rings. The van der Waals surface area contributed by atoms with Crippen LogP contribution in [0.15, 0.2) is 51.2 Å². The van der Waals surface area contributed by atoms with Gasteiger partial charge in [0.1, 0.15) is 10.1 Å². The van der Waals surface area contributed by atoms with Crippen molar-refractivity contribution in [2.24, 2.45) is 4.99 Å². The van der Waals surface area contributed by atoms with Gasteiger partial charge in [-0.2, -0.15) is 38.6 Å². The second-order valence-electron chi connectivity index (χ2n) is 11.8. The fourth-order valence-electron chi connectivity index (χ4n) is 4.71. The Balaban J connectivity index is 0. The summed E-state index contributed by atoms with van der Waals surface area (Å²) in [6, 6.07) is 8.38. The zero-order valence-corrected chi connectivity index (χ0v) is 48.1. The van der Waals surface area contributed by atoms with Gasteiger partial charge >= 0.3 is 118 Å². The summed E-state index contributed by atoms with van der Waals surface area (Å²) in [6.07, 6.45) is 4.06. The van der Waals surface area contributed by atoms with E-state index < -0.39 is 30.9 Å². The molecular formula is C33H42N12Na4O16S4. The number of ether oxygens (including phenoxy) is 2. The average molecular weight is 1080 g/mol. The van der Waals surface area contributed by atoms with E-state index in [2.05, 4.69) is 80.2 Å². The molecule has 0 radical (unpaired) electrons. The molecule has 69 heavy (non-hydrogen) atoms. The molecule has 4 rings (SSSR count). The number of hydrogen-bond donors (Lipinski definition) is 7. The summed E-state index contributed by atoms with van der Waals surface area (Å²) in [6.45, 7) is 0.335. The topological polar surface area (TPSA) is 406 Å². The van der Waals surface area contributed by atoms with Crippen molar-refractivity contribution >= 4 is 110 Å². The van der Waals surface area contributed by atoms with Crippen LogP contribution in [0.4, 0.5) is 47.1 Å². The third kappa shape index (κ3) is 28.3. The summed E-state index contributed by atoms with van der Waals surface area (Å²) >= 11 is 1.13. The number of rotatable bonds is 31. The van der Waals surface area contributed by atoms with Crippen LogP contribution >= 0.6 is 24.1 Å². The molecular weight excluding hydrogens is 1040 g/mol. The van der Waals surface area contributed by atoms with Gasteiger partial charge in [0.25, 0.3) is 5.95 Å². The Labute approximate surface area is 494 Å². The molecule has 0 aliphatic heterocycles. The Morgan fingerprint density at radius 1 is 0.652 bits per heavy atom. The molecule has 0 spiro atoms. The van der Waals surface area contributed by atoms with Crippen molar-refractivity contribution < 1.29 is 193 Å². The summed E-state index contributed by atoms with van der Waals surface area (Å²) in [7, 11) is -9.65. The molecule has 4 aromatic rings. The fraction of sp³-hybridized carbons (Fsp3) is 0.364. The quantitative estimate of drug-likeness (QED) is 0.00360. The molecule has 0 saturated carbocycles. The van der Waals surface area contributed by atoms with Gasteiger partial charge in [0.05, 0.1) is 78.2 Å². The first-order valence-corrected chi connectivity index (χ1v) is 22.7. The summed E-state index contributed by atoms with van der Waals surface area (Å²) in [5.74, 6) is -1.01. The van der Waals surface area contributed by atoms with Crippen LogP contribution in [0, 0.1) is 0 Å². The van der Waals surface area contributed by atoms with Crippen molar-refractivity contribution in [3.8, 4) is 0 Å². The summed E-state index contributed by atoms with van der Waals surface area (Å²) in [5.41, 5.74) is 0.696. The van der Waals surface area contributed by atoms with Gasteiger partial charge in [-0.1, -0.05) is 31.7 Å². The normalized spacial score (nSPS) is 11.1. The SMILES string of the molecule is C.O=S(=O)([O-])CCNc1nc(NCCOCCO)nc(Nc2ccc(C=Cc3ccc(Nc4nc(N=CCSOO[O-])nc(NCCOCCO)n4)cc3S(=O)(=O)[O-])c(SOO[O-])c2)n1.[Na+].[Na+].[Na+].[Na+]. The summed E-state index contributed by atoms with van der Waals surface area (Å²) < 4.78 is 90.0.